The zero-order chi connectivity index (χ0) is 14.1. The molecule has 5 heteroatoms. The number of nitriles is 1. The quantitative estimate of drug-likeness (QED) is 0.750. The van der Waals surface area contributed by atoms with Crippen molar-refractivity contribution in [2.75, 3.05) is 0 Å². The summed E-state index contributed by atoms with van der Waals surface area (Å²) in [5.41, 5.74) is 0.0542. The van der Waals surface area contributed by atoms with E-state index >= 15 is 0 Å². The number of hydrogen-bond donors (Lipinski definition) is 0. The predicted octanol–water partition coefficient (Wildman–Crippen LogP) is 3.66. The molecular formula is C15H14BBrN2O. The van der Waals surface area contributed by atoms with Crippen molar-refractivity contribution in [2.24, 2.45) is 0 Å². The lowest BCUT2D eigenvalue weighted by atomic mass is 9.42. The minimum atomic E-state index is 0.0542. The number of pyridine rings is 1. The molecule has 100 valence electrons. The maximum atomic E-state index is 12.6. The zero-order valence-electron chi connectivity index (χ0n) is 11.1. The maximum Gasteiger partial charge on any atom is 0.269 e. The molecule has 0 amide bonds. The van der Waals surface area contributed by atoms with Crippen LogP contribution in [0.4, 0.5) is 0 Å². The Bertz CT molecular complexity index is 750. The first-order valence-corrected chi connectivity index (χ1v) is 7.68. The van der Waals surface area contributed by atoms with Gasteiger partial charge in [0.05, 0.1) is 0 Å². The first-order chi connectivity index (χ1) is 9.69. The number of benzene rings is 1. The predicted molar refractivity (Wildman–Crippen MR) is 85.2 cm³/mol. The Morgan fingerprint density at radius 3 is 3.05 bits per heavy atom. The van der Waals surface area contributed by atoms with E-state index in [0.717, 1.165) is 40.7 Å². The highest BCUT2D eigenvalue weighted by Crippen LogP contribution is 2.28. The molecule has 2 aromatic rings. The number of fused-ring (bicyclic) bond motifs is 1. The van der Waals surface area contributed by atoms with Gasteiger partial charge in [-0.3, -0.25) is 4.79 Å². The van der Waals surface area contributed by atoms with Crippen LogP contribution in [0.1, 0.15) is 18.9 Å². The van der Waals surface area contributed by atoms with Gasteiger partial charge in [-0.2, -0.15) is 0 Å². The summed E-state index contributed by atoms with van der Waals surface area (Å²) >= 11 is 3.42. The molecule has 0 saturated carbocycles. The van der Waals surface area contributed by atoms with E-state index in [9.17, 15) is 4.79 Å². The van der Waals surface area contributed by atoms with Crippen LogP contribution in [0.15, 0.2) is 39.7 Å². The lowest BCUT2D eigenvalue weighted by molar-refractivity contribution is 0.469. The van der Waals surface area contributed by atoms with Crippen LogP contribution in [-0.2, 0) is 0 Å². The van der Waals surface area contributed by atoms with Gasteiger partial charge in [0.2, 0.25) is 0 Å². The third-order valence-electron chi connectivity index (χ3n) is 4.12. The highest BCUT2D eigenvalue weighted by atomic mass is 79.9. The van der Waals surface area contributed by atoms with Crippen LogP contribution in [-0.4, -0.2) is 11.3 Å². The molecular weight excluding hydrogens is 315 g/mol. The Labute approximate surface area is 126 Å². The van der Waals surface area contributed by atoms with Gasteiger partial charge >= 0.3 is 0 Å². The van der Waals surface area contributed by atoms with Crippen LogP contribution in [0.2, 0.25) is 12.6 Å². The molecule has 20 heavy (non-hydrogen) atoms. The SMILES string of the molecule is N#CB1CCCC(n2ccc3cc(Br)ccc3c2=O)C1. The van der Waals surface area contributed by atoms with Crippen LogP contribution in [0, 0.1) is 11.2 Å². The fourth-order valence-electron chi connectivity index (χ4n) is 3.06. The van der Waals surface area contributed by atoms with Gasteiger partial charge in [-0.05, 0) is 42.4 Å². The summed E-state index contributed by atoms with van der Waals surface area (Å²) in [6, 6.07) is 7.86. The first kappa shape index (κ1) is 13.4. The monoisotopic (exact) mass is 328 g/mol. The van der Waals surface area contributed by atoms with E-state index in [2.05, 4.69) is 21.9 Å². The third-order valence-corrected chi connectivity index (χ3v) is 4.61. The molecule has 3 rings (SSSR count). The molecule has 1 aliphatic heterocycles. The van der Waals surface area contributed by atoms with Crippen molar-refractivity contribution < 1.29 is 0 Å². The molecule has 1 unspecified atom stereocenters. The summed E-state index contributed by atoms with van der Waals surface area (Å²) in [4.78, 5) is 12.6. The standard InChI is InChI=1S/C15H14BBrN2O/c17-12-3-4-14-11(8-12)5-7-19(15(14)20)13-2-1-6-16(9-13)10-18/h3-5,7-8,13H,1-2,6,9H2. The van der Waals surface area contributed by atoms with E-state index in [1.807, 2.05) is 35.0 Å². The highest BCUT2D eigenvalue weighted by Gasteiger charge is 2.26. The molecule has 3 nitrogen and oxygen atoms in total. The first-order valence-electron chi connectivity index (χ1n) is 6.89. The molecule has 0 aliphatic carbocycles. The molecule has 1 aromatic carbocycles. The number of hydrogen-bond acceptors (Lipinski definition) is 2. The Balaban J connectivity index is 2.04. The molecule has 1 atom stereocenters. The summed E-state index contributed by atoms with van der Waals surface area (Å²) in [6.45, 7) is 0.0845. The Hall–Kier alpha value is -1.54. The topological polar surface area (TPSA) is 45.8 Å². The largest absolute Gasteiger partial charge is 0.313 e. The summed E-state index contributed by atoms with van der Waals surface area (Å²) in [7, 11) is 0. The van der Waals surface area contributed by atoms with Crippen molar-refractivity contribution in [3.05, 3.63) is 45.3 Å². The Morgan fingerprint density at radius 1 is 1.40 bits per heavy atom. The molecule has 0 radical (unpaired) electrons. The summed E-state index contributed by atoms with van der Waals surface area (Å²) in [5.74, 6) is 2.35. The van der Waals surface area contributed by atoms with Gasteiger partial charge < -0.3 is 4.57 Å². The second-order valence-corrected chi connectivity index (χ2v) is 6.32. The minimum Gasteiger partial charge on any atom is -0.313 e. The fraction of sp³-hybridized carbons (Fsp3) is 0.333. The fourth-order valence-corrected chi connectivity index (χ4v) is 3.43. The number of aromatic nitrogens is 1. The van der Waals surface area contributed by atoms with E-state index in [4.69, 9.17) is 5.26 Å². The molecule has 1 aromatic heterocycles. The average molecular weight is 329 g/mol. The van der Waals surface area contributed by atoms with Gasteiger partial charge in [-0.15, -0.1) is 0 Å². The normalized spacial score (nSPS) is 19.0. The smallest absolute Gasteiger partial charge is 0.269 e. The van der Waals surface area contributed by atoms with E-state index < -0.39 is 0 Å². The van der Waals surface area contributed by atoms with Crippen LogP contribution >= 0.6 is 15.9 Å². The van der Waals surface area contributed by atoms with Crippen LogP contribution in [0.3, 0.4) is 0 Å². The van der Waals surface area contributed by atoms with Crippen molar-refractivity contribution in [2.45, 2.75) is 31.5 Å². The van der Waals surface area contributed by atoms with Crippen LogP contribution in [0.25, 0.3) is 10.8 Å². The van der Waals surface area contributed by atoms with Gasteiger partial charge in [0, 0.05) is 28.1 Å². The summed E-state index contributed by atoms with van der Waals surface area (Å²) in [6.07, 6.45) is 5.63. The number of halogens is 1. The number of rotatable bonds is 1. The molecule has 1 aliphatic rings. The van der Waals surface area contributed by atoms with Crippen LogP contribution in [0.5, 0.6) is 0 Å². The van der Waals surface area contributed by atoms with Gasteiger partial charge in [0.1, 0.15) is 0 Å². The Morgan fingerprint density at radius 2 is 2.25 bits per heavy atom. The van der Waals surface area contributed by atoms with Gasteiger partial charge in [-0.25, -0.2) is 5.26 Å². The second-order valence-electron chi connectivity index (χ2n) is 5.41. The van der Waals surface area contributed by atoms with Crippen molar-refractivity contribution >= 4 is 33.4 Å². The summed E-state index contributed by atoms with van der Waals surface area (Å²) < 4.78 is 2.80. The summed E-state index contributed by atoms with van der Waals surface area (Å²) in [5, 5.41) is 10.8. The molecule has 0 bridgehead atoms. The van der Waals surface area contributed by atoms with E-state index in [1.54, 1.807) is 0 Å². The minimum absolute atomic E-state index is 0.0542. The maximum absolute atomic E-state index is 12.6. The molecule has 0 spiro atoms. The van der Waals surface area contributed by atoms with Gasteiger partial charge in [0.15, 0.2) is 0 Å². The van der Waals surface area contributed by atoms with Crippen LogP contribution < -0.4 is 5.56 Å². The molecule has 2 heterocycles. The van der Waals surface area contributed by atoms with Gasteiger partial charge in [-0.1, -0.05) is 28.7 Å². The lowest BCUT2D eigenvalue weighted by Gasteiger charge is -2.25. The zero-order valence-corrected chi connectivity index (χ0v) is 12.6. The third kappa shape index (κ3) is 2.40. The highest BCUT2D eigenvalue weighted by molar-refractivity contribution is 9.10. The number of nitrogens with zero attached hydrogens (tertiary/aromatic N) is 2. The van der Waals surface area contributed by atoms with E-state index in [0.29, 0.717) is 0 Å². The Kier molecular flexibility index (Phi) is 3.67. The molecule has 1 fully saturated rings. The van der Waals surface area contributed by atoms with Crippen molar-refractivity contribution in [3.8, 4) is 5.97 Å². The lowest BCUT2D eigenvalue weighted by Crippen LogP contribution is -2.30. The molecule has 0 N–H and O–H groups in total. The van der Waals surface area contributed by atoms with E-state index in [1.165, 1.54) is 0 Å². The average Bonchev–Trinajstić information content (AvgIpc) is 2.47. The second kappa shape index (κ2) is 5.45. The van der Waals surface area contributed by atoms with Crippen molar-refractivity contribution in [1.82, 2.24) is 4.57 Å². The van der Waals surface area contributed by atoms with E-state index in [-0.39, 0.29) is 18.3 Å². The van der Waals surface area contributed by atoms with Crippen molar-refractivity contribution in [1.29, 1.82) is 5.26 Å². The van der Waals surface area contributed by atoms with Crippen molar-refractivity contribution in [3.63, 3.8) is 0 Å². The van der Waals surface area contributed by atoms with Gasteiger partial charge in [0.25, 0.3) is 12.3 Å². The molecule has 1 saturated heterocycles.